The SMILES string of the molecule is CC(O)C(C)OC1(C#N)CCc2cc(Br)ccc21. The lowest BCUT2D eigenvalue weighted by atomic mass is 9.97. The van der Waals surface area contributed by atoms with Crippen LogP contribution in [0.2, 0.25) is 0 Å². The number of nitrogens with zero attached hydrogens (tertiary/aromatic N) is 1. The first-order chi connectivity index (χ1) is 8.48. The standard InChI is InChI=1S/C14H16BrNO2/c1-9(17)10(2)18-14(8-16)6-5-11-7-12(15)3-4-13(11)14/h3-4,7,9-10,17H,5-6H2,1-2H3. The van der Waals surface area contributed by atoms with Crippen molar-refractivity contribution in [2.24, 2.45) is 0 Å². The molecule has 2 rings (SSSR count). The summed E-state index contributed by atoms with van der Waals surface area (Å²) < 4.78 is 6.86. The summed E-state index contributed by atoms with van der Waals surface area (Å²) in [5.74, 6) is 0. The van der Waals surface area contributed by atoms with E-state index in [1.165, 1.54) is 0 Å². The summed E-state index contributed by atoms with van der Waals surface area (Å²) in [6.07, 6.45) is 0.523. The molecule has 3 nitrogen and oxygen atoms in total. The van der Waals surface area contributed by atoms with Crippen LogP contribution < -0.4 is 0 Å². The molecule has 0 aliphatic heterocycles. The first-order valence-corrected chi connectivity index (χ1v) is 6.84. The first kappa shape index (κ1) is 13.5. The number of halogens is 1. The Bertz CT molecular complexity index is 495. The highest BCUT2D eigenvalue weighted by molar-refractivity contribution is 9.10. The molecule has 0 aromatic heterocycles. The summed E-state index contributed by atoms with van der Waals surface area (Å²) in [6.45, 7) is 3.47. The number of nitriles is 1. The number of aliphatic hydroxyl groups excluding tert-OH is 1. The second kappa shape index (κ2) is 5.00. The molecule has 0 heterocycles. The molecule has 0 spiro atoms. The van der Waals surface area contributed by atoms with Gasteiger partial charge in [0.05, 0.1) is 12.2 Å². The second-order valence-electron chi connectivity index (χ2n) is 4.80. The van der Waals surface area contributed by atoms with Crippen LogP contribution in [0, 0.1) is 11.3 Å². The van der Waals surface area contributed by atoms with Gasteiger partial charge in [-0.05, 0) is 44.4 Å². The van der Waals surface area contributed by atoms with Crippen LogP contribution in [0.1, 0.15) is 31.4 Å². The molecule has 0 saturated carbocycles. The average Bonchev–Trinajstić information content (AvgIpc) is 2.68. The summed E-state index contributed by atoms with van der Waals surface area (Å²) in [5.41, 5.74) is 1.16. The fourth-order valence-corrected chi connectivity index (χ4v) is 2.70. The molecule has 3 unspecified atom stereocenters. The summed E-state index contributed by atoms with van der Waals surface area (Å²) >= 11 is 3.43. The lowest BCUT2D eigenvalue weighted by Gasteiger charge is -2.28. The number of benzene rings is 1. The lowest BCUT2D eigenvalue weighted by molar-refractivity contribution is -0.0984. The highest BCUT2D eigenvalue weighted by Crippen LogP contribution is 2.41. The van der Waals surface area contributed by atoms with E-state index in [0.29, 0.717) is 6.42 Å². The molecule has 1 aliphatic carbocycles. The fourth-order valence-electron chi connectivity index (χ4n) is 2.29. The van der Waals surface area contributed by atoms with Crippen LogP contribution in [0.3, 0.4) is 0 Å². The van der Waals surface area contributed by atoms with E-state index in [9.17, 15) is 10.4 Å². The zero-order valence-corrected chi connectivity index (χ0v) is 12.1. The highest BCUT2D eigenvalue weighted by atomic mass is 79.9. The molecular weight excluding hydrogens is 294 g/mol. The maximum absolute atomic E-state index is 9.54. The predicted octanol–water partition coefficient (Wildman–Crippen LogP) is 2.90. The van der Waals surface area contributed by atoms with Crippen molar-refractivity contribution < 1.29 is 9.84 Å². The monoisotopic (exact) mass is 309 g/mol. The number of ether oxygens (including phenoxy) is 1. The van der Waals surface area contributed by atoms with E-state index >= 15 is 0 Å². The van der Waals surface area contributed by atoms with Gasteiger partial charge >= 0.3 is 0 Å². The Balaban J connectivity index is 2.35. The zero-order chi connectivity index (χ0) is 13.3. The highest BCUT2D eigenvalue weighted by Gasteiger charge is 2.42. The molecule has 18 heavy (non-hydrogen) atoms. The predicted molar refractivity (Wildman–Crippen MR) is 72.0 cm³/mol. The molecule has 0 amide bonds. The Morgan fingerprint density at radius 2 is 2.22 bits per heavy atom. The van der Waals surface area contributed by atoms with Gasteiger partial charge in [0.15, 0.2) is 5.60 Å². The third-order valence-electron chi connectivity index (χ3n) is 3.50. The van der Waals surface area contributed by atoms with Gasteiger partial charge in [-0.2, -0.15) is 5.26 Å². The van der Waals surface area contributed by atoms with Crippen LogP contribution >= 0.6 is 15.9 Å². The van der Waals surface area contributed by atoms with Gasteiger partial charge < -0.3 is 9.84 Å². The van der Waals surface area contributed by atoms with Crippen molar-refractivity contribution in [1.29, 1.82) is 5.26 Å². The van der Waals surface area contributed by atoms with Crippen molar-refractivity contribution in [2.75, 3.05) is 0 Å². The van der Waals surface area contributed by atoms with Crippen LogP contribution in [0.25, 0.3) is 0 Å². The maximum Gasteiger partial charge on any atom is 0.180 e. The third-order valence-corrected chi connectivity index (χ3v) is 3.99. The normalized spacial score (nSPS) is 25.3. The molecule has 3 atom stereocenters. The summed E-state index contributed by atoms with van der Waals surface area (Å²) in [7, 11) is 0. The minimum atomic E-state index is -0.910. The first-order valence-electron chi connectivity index (χ1n) is 6.04. The molecule has 0 radical (unpaired) electrons. The van der Waals surface area contributed by atoms with E-state index in [0.717, 1.165) is 22.0 Å². The number of fused-ring (bicyclic) bond motifs is 1. The van der Waals surface area contributed by atoms with Crippen LogP contribution in [-0.2, 0) is 16.8 Å². The Hall–Kier alpha value is -0.890. The topological polar surface area (TPSA) is 53.2 Å². The Morgan fingerprint density at radius 3 is 2.83 bits per heavy atom. The zero-order valence-electron chi connectivity index (χ0n) is 10.5. The van der Waals surface area contributed by atoms with Crippen molar-refractivity contribution >= 4 is 15.9 Å². The van der Waals surface area contributed by atoms with E-state index in [1.807, 2.05) is 18.2 Å². The molecular formula is C14H16BrNO2. The quantitative estimate of drug-likeness (QED) is 0.934. The van der Waals surface area contributed by atoms with E-state index in [1.54, 1.807) is 13.8 Å². The van der Waals surface area contributed by atoms with Gasteiger partial charge in [-0.15, -0.1) is 0 Å². The molecule has 0 bridgehead atoms. The van der Waals surface area contributed by atoms with E-state index < -0.39 is 11.7 Å². The van der Waals surface area contributed by atoms with Gasteiger partial charge in [0.1, 0.15) is 6.07 Å². The van der Waals surface area contributed by atoms with Gasteiger partial charge in [-0.3, -0.25) is 0 Å². The summed E-state index contributed by atoms with van der Waals surface area (Å²) in [6, 6.07) is 8.18. The smallest absolute Gasteiger partial charge is 0.180 e. The molecule has 1 aromatic carbocycles. The minimum Gasteiger partial charge on any atom is -0.391 e. The van der Waals surface area contributed by atoms with Crippen molar-refractivity contribution in [2.45, 2.75) is 44.5 Å². The fraction of sp³-hybridized carbons (Fsp3) is 0.500. The molecule has 0 saturated heterocycles. The Morgan fingerprint density at radius 1 is 1.50 bits per heavy atom. The minimum absolute atomic E-state index is 0.362. The molecule has 0 fully saturated rings. The Kier molecular flexibility index (Phi) is 3.76. The molecule has 1 aromatic rings. The second-order valence-corrected chi connectivity index (χ2v) is 5.72. The van der Waals surface area contributed by atoms with Gasteiger partial charge in [0, 0.05) is 10.0 Å². The number of aliphatic hydroxyl groups is 1. The maximum atomic E-state index is 9.54. The molecule has 1 aliphatic rings. The van der Waals surface area contributed by atoms with Gasteiger partial charge in [-0.25, -0.2) is 0 Å². The molecule has 4 heteroatoms. The van der Waals surface area contributed by atoms with Crippen LogP contribution in [0.5, 0.6) is 0 Å². The van der Waals surface area contributed by atoms with Crippen LogP contribution in [0.4, 0.5) is 0 Å². The molecule has 1 N–H and O–H groups in total. The summed E-state index contributed by atoms with van der Waals surface area (Å²) in [4.78, 5) is 0. The number of hydrogen-bond acceptors (Lipinski definition) is 3. The van der Waals surface area contributed by atoms with Crippen molar-refractivity contribution in [1.82, 2.24) is 0 Å². The van der Waals surface area contributed by atoms with Crippen LogP contribution in [0.15, 0.2) is 22.7 Å². The number of rotatable bonds is 3. The average molecular weight is 310 g/mol. The molecule has 96 valence electrons. The summed E-state index contributed by atoms with van der Waals surface area (Å²) in [5, 5.41) is 19.0. The van der Waals surface area contributed by atoms with Crippen molar-refractivity contribution in [3.8, 4) is 6.07 Å². The Labute approximate surface area is 116 Å². The van der Waals surface area contributed by atoms with Gasteiger partial charge in [0.25, 0.3) is 0 Å². The lowest BCUT2D eigenvalue weighted by Crippen LogP contribution is -2.34. The number of hydrogen-bond donors (Lipinski definition) is 1. The van der Waals surface area contributed by atoms with Crippen LogP contribution in [-0.4, -0.2) is 17.3 Å². The van der Waals surface area contributed by atoms with Crippen molar-refractivity contribution in [3.05, 3.63) is 33.8 Å². The van der Waals surface area contributed by atoms with E-state index in [-0.39, 0.29) is 6.10 Å². The van der Waals surface area contributed by atoms with Gasteiger partial charge in [0.2, 0.25) is 0 Å². The van der Waals surface area contributed by atoms with Gasteiger partial charge in [-0.1, -0.05) is 22.0 Å². The third kappa shape index (κ3) is 2.31. The van der Waals surface area contributed by atoms with E-state index in [2.05, 4.69) is 22.0 Å². The largest absolute Gasteiger partial charge is 0.391 e. The van der Waals surface area contributed by atoms with Crippen molar-refractivity contribution in [3.63, 3.8) is 0 Å². The van der Waals surface area contributed by atoms with E-state index in [4.69, 9.17) is 4.74 Å². The number of aryl methyl sites for hydroxylation is 1.